The average molecular weight is 757 g/mol. The lowest BCUT2D eigenvalue weighted by Crippen LogP contribution is -2.40. The quantitative estimate of drug-likeness (QED) is 0.146. The van der Waals surface area contributed by atoms with Crippen LogP contribution in [-0.2, 0) is 9.53 Å². The zero-order valence-electron chi connectivity index (χ0n) is 23.7. The van der Waals surface area contributed by atoms with Crippen molar-refractivity contribution in [3.8, 4) is 5.75 Å². The van der Waals surface area contributed by atoms with Crippen molar-refractivity contribution >= 4 is 67.6 Å². The normalized spacial score (nSPS) is 15.0. The van der Waals surface area contributed by atoms with E-state index in [0.29, 0.717) is 38.9 Å². The summed E-state index contributed by atoms with van der Waals surface area (Å²) in [6.07, 6.45) is 1.84. The number of rotatable bonds is 8. The summed E-state index contributed by atoms with van der Waals surface area (Å²) in [4.78, 5) is 33.4. The minimum Gasteiger partial charge on any atom is -0.492 e. The second-order valence-electron chi connectivity index (χ2n) is 9.99. The molecule has 4 aromatic rings. The topological polar surface area (TPSA) is 69.9 Å². The third kappa shape index (κ3) is 6.05. The number of esters is 1. The smallest absolute Gasteiger partial charge is 0.338 e. The molecule has 0 bridgehead atoms. The van der Waals surface area contributed by atoms with E-state index in [4.69, 9.17) is 14.5 Å². The Hall–Kier alpha value is -3.02. The average Bonchev–Trinajstić information content (AvgIpc) is 3.28. The van der Waals surface area contributed by atoms with Crippen LogP contribution in [0, 0.1) is 3.57 Å². The molecule has 0 amide bonds. The summed E-state index contributed by atoms with van der Waals surface area (Å²) in [6.45, 7) is 8.68. The number of hydrogen-bond acceptors (Lipinski definition) is 6. The van der Waals surface area contributed by atoms with Gasteiger partial charge in [0.25, 0.3) is 5.56 Å². The zero-order valence-corrected chi connectivity index (χ0v) is 28.2. The second kappa shape index (κ2) is 13.1. The van der Waals surface area contributed by atoms with Crippen molar-refractivity contribution in [2.24, 2.45) is 4.99 Å². The maximum atomic E-state index is 14.2. The van der Waals surface area contributed by atoms with E-state index in [1.807, 2.05) is 67.6 Å². The number of carbonyl (C=O) groups is 1. The standard InChI is InChI=1S/C33H30BrIN2O4S/c1-5-40-30-23(16-24(34)18-25(30)35)17-26-31(38)37-29(22-14-12-20(13-15-22)19(3)4)27(32(39)41-6-2)28(36-33(37)42-26)21-10-8-7-9-11-21/h7-19,29H,5-6H2,1-4H3/b26-17-/t29-/m0/s1. The molecule has 3 aromatic carbocycles. The van der Waals surface area contributed by atoms with E-state index in [1.165, 1.54) is 16.9 Å². The van der Waals surface area contributed by atoms with Gasteiger partial charge in [-0.1, -0.05) is 95.7 Å². The third-order valence-corrected chi connectivity index (χ3v) is 9.15. The van der Waals surface area contributed by atoms with Gasteiger partial charge in [-0.05, 0) is 71.7 Å². The van der Waals surface area contributed by atoms with Gasteiger partial charge in [-0.25, -0.2) is 9.79 Å². The van der Waals surface area contributed by atoms with E-state index in [2.05, 4.69) is 64.5 Å². The molecule has 0 saturated heterocycles. The SMILES string of the molecule is CCOC(=O)C1=C(c2ccccc2)N=c2s/c(=C\c3cc(Br)cc(I)c3OCC)c(=O)n2[C@H]1c1ccc(C(C)C)cc1. The molecule has 9 heteroatoms. The molecule has 0 aliphatic carbocycles. The summed E-state index contributed by atoms with van der Waals surface area (Å²) in [5.41, 5.74) is 4.16. The van der Waals surface area contributed by atoms with Gasteiger partial charge >= 0.3 is 5.97 Å². The van der Waals surface area contributed by atoms with E-state index < -0.39 is 12.0 Å². The van der Waals surface area contributed by atoms with Crippen molar-refractivity contribution in [2.45, 2.75) is 39.7 Å². The Morgan fingerprint density at radius 3 is 2.45 bits per heavy atom. The van der Waals surface area contributed by atoms with Gasteiger partial charge < -0.3 is 9.47 Å². The van der Waals surface area contributed by atoms with Crippen molar-refractivity contribution in [1.29, 1.82) is 0 Å². The molecule has 1 aromatic heterocycles. The van der Waals surface area contributed by atoms with Gasteiger partial charge in [0.2, 0.25) is 0 Å². The summed E-state index contributed by atoms with van der Waals surface area (Å²) in [7, 11) is 0. The van der Waals surface area contributed by atoms with Crippen LogP contribution in [0.2, 0.25) is 0 Å². The van der Waals surface area contributed by atoms with Crippen molar-refractivity contribution in [2.75, 3.05) is 13.2 Å². The minimum absolute atomic E-state index is 0.204. The number of thiazole rings is 1. The summed E-state index contributed by atoms with van der Waals surface area (Å²) in [5.74, 6) is 0.561. The zero-order chi connectivity index (χ0) is 30.0. The Kier molecular flexibility index (Phi) is 9.49. The van der Waals surface area contributed by atoms with Gasteiger partial charge in [-0.3, -0.25) is 9.36 Å². The van der Waals surface area contributed by atoms with Crippen LogP contribution in [0.1, 0.15) is 61.9 Å². The molecule has 0 saturated carbocycles. The number of carbonyl (C=O) groups excluding carboxylic acids is 1. The maximum absolute atomic E-state index is 14.2. The number of hydrogen-bond donors (Lipinski definition) is 0. The number of aromatic nitrogens is 1. The predicted octanol–water partition coefficient (Wildman–Crippen LogP) is 6.82. The Labute approximate surface area is 270 Å². The fraction of sp³-hybridized carbons (Fsp3) is 0.242. The number of benzene rings is 3. The van der Waals surface area contributed by atoms with E-state index >= 15 is 0 Å². The maximum Gasteiger partial charge on any atom is 0.338 e. The van der Waals surface area contributed by atoms with Crippen LogP contribution in [-0.4, -0.2) is 23.8 Å². The Morgan fingerprint density at radius 2 is 1.81 bits per heavy atom. The molecule has 0 radical (unpaired) electrons. The summed E-state index contributed by atoms with van der Waals surface area (Å²) >= 11 is 7.11. The first-order chi connectivity index (χ1) is 20.2. The number of fused-ring (bicyclic) bond motifs is 1. The first kappa shape index (κ1) is 30.4. The van der Waals surface area contributed by atoms with Gasteiger partial charge in [-0.2, -0.15) is 0 Å². The molecule has 0 unspecified atom stereocenters. The van der Waals surface area contributed by atoms with Crippen LogP contribution in [0.5, 0.6) is 5.75 Å². The van der Waals surface area contributed by atoms with E-state index in [0.717, 1.165) is 24.7 Å². The molecule has 5 rings (SSSR count). The lowest BCUT2D eigenvalue weighted by atomic mass is 9.91. The van der Waals surface area contributed by atoms with Crippen molar-refractivity contribution in [3.63, 3.8) is 0 Å². The highest BCUT2D eigenvalue weighted by Gasteiger charge is 2.35. The monoisotopic (exact) mass is 756 g/mol. The lowest BCUT2D eigenvalue weighted by Gasteiger charge is -2.26. The van der Waals surface area contributed by atoms with Crippen LogP contribution in [0.25, 0.3) is 11.8 Å². The summed E-state index contributed by atoms with van der Waals surface area (Å²) in [5, 5.41) is 0. The summed E-state index contributed by atoms with van der Waals surface area (Å²) in [6, 6.07) is 20.9. The summed E-state index contributed by atoms with van der Waals surface area (Å²) < 4.78 is 15.5. The van der Waals surface area contributed by atoms with Crippen molar-refractivity contribution in [3.05, 3.63) is 122 Å². The van der Waals surface area contributed by atoms with Gasteiger partial charge in [0.05, 0.1) is 38.6 Å². The molecular formula is C33H30BrIN2O4S. The first-order valence-electron chi connectivity index (χ1n) is 13.7. The lowest BCUT2D eigenvalue weighted by molar-refractivity contribution is -0.138. The molecule has 0 N–H and O–H groups in total. The number of halogens is 2. The van der Waals surface area contributed by atoms with Gasteiger partial charge in [-0.15, -0.1) is 0 Å². The third-order valence-electron chi connectivity index (χ3n) is 6.90. The molecule has 1 atom stereocenters. The minimum atomic E-state index is -0.715. The van der Waals surface area contributed by atoms with Crippen LogP contribution >= 0.6 is 49.9 Å². The number of nitrogens with zero attached hydrogens (tertiary/aromatic N) is 2. The second-order valence-corrected chi connectivity index (χ2v) is 13.1. The Balaban J connectivity index is 1.83. The Bertz CT molecular complexity index is 1840. The van der Waals surface area contributed by atoms with Crippen molar-refractivity contribution in [1.82, 2.24) is 4.57 Å². The fourth-order valence-electron chi connectivity index (χ4n) is 4.94. The van der Waals surface area contributed by atoms with Crippen molar-refractivity contribution < 1.29 is 14.3 Å². The first-order valence-corrected chi connectivity index (χ1v) is 16.4. The molecular weight excluding hydrogens is 727 g/mol. The molecule has 1 aliphatic heterocycles. The van der Waals surface area contributed by atoms with Crippen LogP contribution < -0.4 is 19.6 Å². The van der Waals surface area contributed by atoms with E-state index in [-0.39, 0.29) is 12.2 Å². The van der Waals surface area contributed by atoms with Crippen LogP contribution in [0.3, 0.4) is 0 Å². The molecule has 1 aliphatic rings. The molecule has 0 fully saturated rings. The molecule has 2 heterocycles. The highest BCUT2D eigenvalue weighted by Crippen LogP contribution is 2.36. The van der Waals surface area contributed by atoms with Crippen LogP contribution in [0.15, 0.2) is 86.6 Å². The van der Waals surface area contributed by atoms with Crippen LogP contribution in [0.4, 0.5) is 0 Å². The van der Waals surface area contributed by atoms with E-state index in [9.17, 15) is 9.59 Å². The molecule has 0 spiro atoms. The predicted molar refractivity (Wildman–Crippen MR) is 180 cm³/mol. The molecule has 216 valence electrons. The van der Waals surface area contributed by atoms with Gasteiger partial charge in [0.15, 0.2) is 4.80 Å². The highest BCUT2D eigenvalue weighted by molar-refractivity contribution is 14.1. The highest BCUT2D eigenvalue weighted by atomic mass is 127. The van der Waals surface area contributed by atoms with Gasteiger partial charge in [0.1, 0.15) is 5.75 Å². The molecule has 6 nitrogen and oxygen atoms in total. The number of ether oxygens (including phenoxy) is 2. The van der Waals surface area contributed by atoms with E-state index in [1.54, 1.807) is 11.5 Å². The van der Waals surface area contributed by atoms with Gasteiger partial charge in [0, 0.05) is 15.6 Å². The fourth-order valence-corrected chi connectivity index (χ4v) is 7.64. The molecule has 42 heavy (non-hydrogen) atoms. The Morgan fingerprint density at radius 1 is 1.10 bits per heavy atom. The largest absolute Gasteiger partial charge is 0.492 e.